The highest BCUT2D eigenvalue weighted by molar-refractivity contribution is 7.86. The molecule has 7 nitrogen and oxygen atoms in total. The van der Waals surface area contributed by atoms with Gasteiger partial charge in [0.25, 0.3) is 10.2 Å². The van der Waals surface area contributed by atoms with Crippen LogP contribution in [0.15, 0.2) is 0 Å². The lowest BCUT2D eigenvalue weighted by Crippen LogP contribution is -2.52. The normalized spacial score (nSPS) is 25.0. The highest BCUT2D eigenvalue weighted by Crippen LogP contribution is 2.24. The van der Waals surface area contributed by atoms with Crippen LogP contribution in [0.4, 0.5) is 0 Å². The second kappa shape index (κ2) is 7.35. The number of amides is 1. The summed E-state index contributed by atoms with van der Waals surface area (Å²) in [4.78, 5) is 11.1. The zero-order valence-corrected chi connectivity index (χ0v) is 13.2. The molecule has 0 bridgehead atoms. The lowest BCUT2D eigenvalue weighted by Gasteiger charge is -2.36. The van der Waals surface area contributed by atoms with E-state index >= 15 is 0 Å². The van der Waals surface area contributed by atoms with E-state index in [-0.39, 0.29) is 19.7 Å². The van der Waals surface area contributed by atoms with E-state index in [1.807, 2.05) is 13.8 Å². The minimum atomic E-state index is -3.67. The van der Waals surface area contributed by atoms with Gasteiger partial charge in [-0.05, 0) is 18.3 Å². The van der Waals surface area contributed by atoms with Crippen LogP contribution in [0.5, 0.6) is 0 Å². The summed E-state index contributed by atoms with van der Waals surface area (Å²) < 4.78 is 32.7. The van der Waals surface area contributed by atoms with Crippen molar-refractivity contribution in [2.24, 2.45) is 17.6 Å². The number of carbonyl (C=O) groups excluding carboxylic acids is 1. The molecule has 0 aromatic carbocycles. The van der Waals surface area contributed by atoms with Crippen molar-refractivity contribution in [1.29, 1.82) is 0 Å². The van der Waals surface area contributed by atoms with Crippen LogP contribution < -0.4 is 5.73 Å². The number of rotatable bonds is 7. The summed E-state index contributed by atoms with van der Waals surface area (Å²) in [5.74, 6) is -0.0412. The number of nitrogens with two attached hydrogens (primary N) is 1. The Labute approximate surface area is 121 Å². The van der Waals surface area contributed by atoms with Gasteiger partial charge in [-0.3, -0.25) is 4.79 Å². The number of hydrogen-bond acceptors (Lipinski definition) is 4. The van der Waals surface area contributed by atoms with Crippen molar-refractivity contribution in [2.75, 3.05) is 39.9 Å². The van der Waals surface area contributed by atoms with Gasteiger partial charge in [-0.2, -0.15) is 17.0 Å². The quantitative estimate of drug-likeness (QED) is 0.695. The molecular formula is C12H25N3O4S. The Morgan fingerprint density at radius 3 is 2.35 bits per heavy atom. The Balaban J connectivity index is 2.87. The number of ether oxygens (including phenoxy) is 1. The minimum absolute atomic E-state index is 0.126. The number of methoxy groups -OCH3 is 1. The van der Waals surface area contributed by atoms with E-state index in [1.54, 1.807) is 0 Å². The van der Waals surface area contributed by atoms with Crippen molar-refractivity contribution in [3.63, 3.8) is 0 Å². The molecule has 0 radical (unpaired) electrons. The average Bonchev–Trinajstić information content (AvgIpc) is 2.32. The first kappa shape index (κ1) is 17.4. The van der Waals surface area contributed by atoms with Gasteiger partial charge in [0.2, 0.25) is 5.91 Å². The molecule has 8 heteroatoms. The SMILES string of the molecule is COCCN(CC(N)=O)S(=O)(=O)N1C[C@H](C)C[C@H](C)C1. The van der Waals surface area contributed by atoms with Gasteiger partial charge in [0.1, 0.15) is 0 Å². The summed E-state index contributed by atoms with van der Waals surface area (Å²) >= 11 is 0. The monoisotopic (exact) mass is 307 g/mol. The molecule has 1 rings (SSSR count). The molecule has 118 valence electrons. The Hall–Kier alpha value is -0.700. The first-order chi connectivity index (χ1) is 9.27. The Bertz CT molecular complexity index is 416. The van der Waals surface area contributed by atoms with Gasteiger partial charge in [-0.15, -0.1) is 0 Å². The van der Waals surface area contributed by atoms with Gasteiger partial charge < -0.3 is 10.5 Å². The smallest absolute Gasteiger partial charge is 0.282 e. The topological polar surface area (TPSA) is 92.9 Å². The summed E-state index contributed by atoms with van der Waals surface area (Å²) in [6, 6.07) is 0. The predicted molar refractivity (Wildman–Crippen MR) is 76.1 cm³/mol. The number of carbonyl (C=O) groups is 1. The van der Waals surface area contributed by atoms with E-state index in [1.165, 1.54) is 11.4 Å². The zero-order valence-electron chi connectivity index (χ0n) is 12.4. The molecule has 2 atom stereocenters. The van der Waals surface area contributed by atoms with E-state index in [2.05, 4.69) is 0 Å². The maximum Gasteiger partial charge on any atom is 0.282 e. The molecule has 0 aromatic heterocycles. The molecule has 1 aliphatic rings. The van der Waals surface area contributed by atoms with Crippen molar-refractivity contribution in [3.8, 4) is 0 Å². The molecule has 1 amide bonds. The van der Waals surface area contributed by atoms with Gasteiger partial charge >= 0.3 is 0 Å². The fourth-order valence-electron chi connectivity index (χ4n) is 2.60. The summed E-state index contributed by atoms with van der Waals surface area (Å²) in [6.07, 6.45) is 1.01. The third-order valence-electron chi connectivity index (χ3n) is 3.36. The summed E-state index contributed by atoms with van der Waals surface area (Å²) in [7, 11) is -2.19. The van der Waals surface area contributed by atoms with E-state index in [4.69, 9.17) is 10.5 Å². The number of nitrogens with zero attached hydrogens (tertiary/aromatic N) is 2. The lowest BCUT2D eigenvalue weighted by molar-refractivity contribution is -0.118. The molecule has 1 fully saturated rings. The molecule has 0 saturated carbocycles. The average molecular weight is 307 g/mol. The Kier molecular flexibility index (Phi) is 6.38. The maximum absolute atomic E-state index is 12.6. The van der Waals surface area contributed by atoms with Crippen LogP contribution in [0, 0.1) is 11.8 Å². The molecule has 0 unspecified atom stereocenters. The first-order valence-electron chi connectivity index (χ1n) is 6.79. The third kappa shape index (κ3) is 4.69. The minimum Gasteiger partial charge on any atom is -0.383 e. The Morgan fingerprint density at radius 2 is 1.90 bits per heavy atom. The van der Waals surface area contributed by atoms with E-state index < -0.39 is 16.1 Å². The van der Waals surface area contributed by atoms with Gasteiger partial charge in [-0.25, -0.2) is 0 Å². The van der Waals surface area contributed by atoms with Crippen LogP contribution in [0.2, 0.25) is 0 Å². The fourth-order valence-corrected chi connectivity index (χ4v) is 4.41. The highest BCUT2D eigenvalue weighted by Gasteiger charge is 2.35. The van der Waals surface area contributed by atoms with Crippen LogP contribution in [0.3, 0.4) is 0 Å². The standard InChI is InChI=1S/C12H25N3O4S/c1-10-6-11(2)8-15(7-10)20(17,18)14(4-5-19-3)9-12(13)16/h10-11H,4-9H2,1-3H3,(H2,13,16)/t10-,11+. The number of primary amides is 1. The third-order valence-corrected chi connectivity index (χ3v) is 5.28. The van der Waals surface area contributed by atoms with Crippen LogP contribution >= 0.6 is 0 Å². The van der Waals surface area contributed by atoms with Gasteiger partial charge in [0.15, 0.2) is 0 Å². The van der Waals surface area contributed by atoms with Crippen LogP contribution in [-0.2, 0) is 19.7 Å². The Morgan fingerprint density at radius 1 is 1.35 bits per heavy atom. The van der Waals surface area contributed by atoms with Crippen molar-refractivity contribution >= 4 is 16.1 Å². The molecule has 0 aromatic rings. The van der Waals surface area contributed by atoms with E-state index in [0.717, 1.165) is 10.7 Å². The van der Waals surface area contributed by atoms with E-state index in [0.29, 0.717) is 24.9 Å². The van der Waals surface area contributed by atoms with Gasteiger partial charge in [0.05, 0.1) is 13.2 Å². The largest absolute Gasteiger partial charge is 0.383 e. The predicted octanol–water partition coefficient (Wildman–Crippen LogP) is -0.357. The van der Waals surface area contributed by atoms with Crippen molar-refractivity contribution < 1.29 is 17.9 Å². The first-order valence-corrected chi connectivity index (χ1v) is 8.19. The molecular weight excluding hydrogens is 282 g/mol. The van der Waals surface area contributed by atoms with E-state index in [9.17, 15) is 13.2 Å². The number of piperidine rings is 1. The number of hydrogen-bond donors (Lipinski definition) is 1. The zero-order chi connectivity index (χ0) is 15.3. The van der Waals surface area contributed by atoms with Crippen molar-refractivity contribution in [1.82, 2.24) is 8.61 Å². The van der Waals surface area contributed by atoms with Crippen LogP contribution in [-0.4, -0.2) is 62.8 Å². The van der Waals surface area contributed by atoms with Crippen molar-refractivity contribution in [2.45, 2.75) is 20.3 Å². The summed E-state index contributed by atoms with van der Waals surface area (Å²) in [6.45, 7) is 5.07. The molecule has 0 aliphatic carbocycles. The maximum atomic E-state index is 12.6. The van der Waals surface area contributed by atoms with Crippen molar-refractivity contribution in [3.05, 3.63) is 0 Å². The second-order valence-corrected chi connectivity index (χ2v) is 7.49. The fraction of sp³-hybridized carbons (Fsp3) is 0.917. The summed E-state index contributed by atoms with van der Waals surface area (Å²) in [5, 5.41) is 0. The van der Waals surface area contributed by atoms with Gasteiger partial charge in [0, 0.05) is 26.7 Å². The molecule has 2 N–H and O–H groups in total. The molecule has 1 saturated heterocycles. The molecule has 0 spiro atoms. The molecule has 1 aliphatic heterocycles. The summed E-state index contributed by atoms with van der Waals surface area (Å²) in [5.41, 5.74) is 5.14. The van der Waals surface area contributed by atoms with Crippen LogP contribution in [0.1, 0.15) is 20.3 Å². The highest BCUT2D eigenvalue weighted by atomic mass is 32.2. The molecule has 20 heavy (non-hydrogen) atoms. The second-order valence-electron chi connectivity index (χ2n) is 5.56. The lowest BCUT2D eigenvalue weighted by atomic mass is 9.94. The van der Waals surface area contributed by atoms with Crippen LogP contribution in [0.25, 0.3) is 0 Å². The van der Waals surface area contributed by atoms with Gasteiger partial charge in [-0.1, -0.05) is 13.8 Å². The molecule has 1 heterocycles.